The standard InChI is InChI=1S/C24H24N8O4/c1-25-17-11-19(30-32-18(13-27-21(17)32)22(33)28-15-5-3-6-15)29-16-7-4-10-31(23(16)34)20-9-8-14(12-26-20)24(35)36-2/h4,7-13,15,25H,3,5-6H2,1-2H3,(H,28,33)(H,29,30). The van der Waals surface area contributed by atoms with Crippen LogP contribution in [0.15, 0.2) is 53.7 Å². The van der Waals surface area contributed by atoms with Gasteiger partial charge in [0.05, 0.1) is 24.6 Å². The molecule has 5 rings (SSSR count). The van der Waals surface area contributed by atoms with Crippen molar-refractivity contribution in [3.05, 3.63) is 70.5 Å². The molecule has 0 bridgehead atoms. The van der Waals surface area contributed by atoms with Gasteiger partial charge < -0.3 is 20.7 Å². The minimum atomic E-state index is -0.515. The SMILES string of the molecule is CNc1cc(Nc2cccn(-c3ccc(C(=O)OC)cn3)c2=O)nn2c(C(=O)NC3CCC3)cnc12. The summed E-state index contributed by atoms with van der Waals surface area (Å²) in [7, 11) is 3.02. The number of aromatic nitrogens is 5. The summed E-state index contributed by atoms with van der Waals surface area (Å²) in [4.78, 5) is 46.2. The average molecular weight is 489 g/mol. The van der Waals surface area contributed by atoms with Crippen LogP contribution in [0.3, 0.4) is 0 Å². The van der Waals surface area contributed by atoms with E-state index in [4.69, 9.17) is 0 Å². The zero-order valence-electron chi connectivity index (χ0n) is 19.7. The second-order valence-corrected chi connectivity index (χ2v) is 8.29. The number of methoxy groups -OCH3 is 1. The van der Waals surface area contributed by atoms with Crippen molar-refractivity contribution >= 4 is 34.7 Å². The number of carbonyl (C=O) groups is 2. The molecule has 4 aromatic heterocycles. The van der Waals surface area contributed by atoms with Crippen LogP contribution in [-0.4, -0.2) is 56.2 Å². The summed E-state index contributed by atoms with van der Waals surface area (Å²) >= 11 is 0. The number of rotatable bonds is 7. The molecule has 1 fully saturated rings. The molecule has 3 N–H and O–H groups in total. The molecule has 1 aliphatic carbocycles. The Balaban J connectivity index is 1.47. The molecule has 1 amide bonds. The zero-order chi connectivity index (χ0) is 25.2. The predicted molar refractivity (Wildman–Crippen MR) is 132 cm³/mol. The molecule has 12 heteroatoms. The summed E-state index contributed by atoms with van der Waals surface area (Å²) in [6, 6.07) is 8.27. The van der Waals surface area contributed by atoms with E-state index in [1.165, 1.54) is 34.7 Å². The third kappa shape index (κ3) is 4.24. The number of anilines is 3. The molecule has 0 unspecified atom stereocenters. The number of pyridine rings is 2. The van der Waals surface area contributed by atoms with E-state index in [9.17, 15) is 14.4 Å². The molecule has 12 nitrogen and oxygen atoms in total. The lowest BCUT2D eigenvalue weighted by Crippen LogP contribution is -2.40. The highest BCUT2D eigenvalue weighted by atomic mass is 16.5. The summed E-state index contributed by atoms with van der Waals surface area (Å²) < 4.78 is 7.48. The van der Waals surface area contributed by atoms with Crippen molar-refractivity contribution in [1.82, 2.24) is 29.5 Å². The molecule has 0 atom stereocenters. The van der Waals surface area contributed by atoms with Gasteiger partial charge in [0, 0.05) is 31.5 Å². The second kappa shape index (κ2) is 9.49. The minimum absolute atomic E-state index is 0.172. The monoisotopic (exact) mass is 488 g/mol. The minimum Gasteiger partial charge on any atom is -0.465 e. The summed E-state index contributed by atoms with van der Waals surface area (Å²) in [5.74, 6) is -0.0899. The Labute approximate surface area is 205 Å². The van der Waals surface area contributed by atoms with E-state index >= 15 is 0 Å². The number of carbonyl (C=O) groups excluding carboxylic acids is 2. The third-order valence-corrected chi connectivity index (χ3v) is 6.04. The molecule has 184 valence electrons. The van der Waals surface area contributed by atoms with E-state index in [1.54, 1.807) is 37.5 Å². The van der Waals surface area contributed by atoms with Gasteiger partial charge in [-0.1, -0.05) is 0 Å². The highest BCUT2D eigenvalue weighted by Crippen LogP contribution is 2.23. The van der Waals surface area contributed by atoms with Gasteiger partial charge in [-0.25, -0.2) is 19.3 Å². The number of imidazole rings is 1. The summed E-state index contributed by atoms with van der Waals surface area (Å²) in [5.41, 5.74) is 1.56. The lowest BCUT2D eigenvalue weighted by Gasteiger charge is -2.26. The number of fused-ring (bicyclic) bond motifs is 1. The van der Waals surface area contributed by atoms with Crippen LogP contribution in [0.4, 0.5) is 17.2 Å². The number of amides is 1. The van der Waals surface area contributed by atoms with Crippen LogP contribution in [0, 0.1) is 0 Å². The highest BCUT2D eigenvalue weighted by molar-refractivity contribution is 5.94. The van der Waals surface area contributed by atoms with Gasteiger partial charge in [-0.15, -0.1) is 5.10 Å². The van der Waals surface area contributed by atoms with E-state index in [2.05, 4.69) is 35.8 Å². The summed E-state index contributed by atoms with van der Waals surface area (Å²) in [6.45, 7) is 0. The Morgan fingerprint density at radius 2 is 1.94 bits per heavy atom. The van der Waals surface area contributed by atoms with Crippen LogP contribution in [-0.2, 0) is 4.74 Å². The Kier molecular flexibility index (Phi) is 6.07. The number of ether oxygens (including phenoxy) is 1. The van der Waals surface area contributed by atoms with Gasteiger partial charge in [-0.2, -0.15) is 0 Å². The smallest absolute Gasteiger partial charge is 0.339 e. The van der Waals surface area contributed by atoms with Gasteiger partial charge in [-0.3, -0.25) is 14.2 Å². The van der Waals surface area contributed by atoms with Crippen LogP contribution in [0.1, 0.15) is 40.1 Å². The molecular weight excluding hydrogens is 464 g/mol. The number of hydrogen-bond acceptors (Lipinski definition) is 9. The molecule has 0 aromatic carbocycles. The van der Waals surface area contributed by atoms with Crippen molar-refractivity contribution in [2.75, 3.05) is 24.8 Å². The van der Waals surface area contributed by atoms with Gasteiger partial charge >= 0.3 is 5.97 Å². The molecule has 4 aromatic rings. The lowest BCUT2D eigenvalue weighted by molar-refractivity contribution is 0.0600. The highest BCUT2D eigenvalue weighted by Gasteiger charge is 2.23. The quantitative estimate of drug-likeness (QED) is 0.333. The largest absolute Gasteiger partial charge is 0.465 e. The van der Waals surface area contributed by atoms with E-state index in [-0.39, 0.29) is 28.8 Å². The normalized spacial score (nSPS) is 13.2. The maximum atomic E-state index is 13.2. The molecule has 0 radical (unpaired) electrons. The average Bonchev–Trinajstić information content (AvgIpc) is 3.30. The number of esters is 1. The van der Waals surface area contributed by atoms with E-state index in [0.717, 1.165) is 19.3 Å². The Hall–Kier alpha value is -4.74. The van der Waals surface area contributed by atoms with Crippen molar-refractivity contribution in [3.8, 4) is 5.82 Å². The fourth-order valence-corrected chi connectivity index (χ4v) is 3.86. The molecule has 36 heavy (non-hydrogen) atoms. The fourth-order valence-electron chi connectivity index (χ4n) is 3.86. The predicted octanol–water partition coefficient (Wildman–Crippen LogP) is 2.13. The Bertz CT molecular complexity index is 1510. The van der Waals surface area contributed by atoms with Gasteiger partial charge in [-0.05, 0) is 43.5 Å². The van der Waals surface area contributed by atoms with Crippen molar-refractivity contribution in [2.45, 2.75) is 25.3 Å². The van der Waals surface area contributed by atoms with Crippen molar-refractivity contribution < 1.29 is 14.3 Å². The van der Waals surface area contributed by atoms with Crippen LogP contribution in [0.5, 0.6) is 0 Å². The first-order chi connectivity index (χ1) is 17.5. The lowest BCUT2D eigenvalue weighted by atomic mass is 9.93. The van der Waals surface area contributed by atoms with Gasteiger partial charge in [0.1, 0.15) is 11.5 Å². The van der Waals surface area contributed by atoms with Crippen LogP contribution in [0.2, 0.25) is 0 Å². The molecule has 1 aliphatic rings. The second-order valence-electron chi connectivity index (χ2n) is 8.29. The van der Waals surface area contributed by atoms with Crippen molar-refractivity contribution in [2.24, 2.45) is 0 Å². The van der Waals surface area contributed by atoms with E-state index in [1.807, 2.05) is 0 Å². The Morgan fingerprint density at radius 3 is 2.61 bits per heavy atom. The van der Waals surface area contributed by atoms with Crippen LogP contribution < -0.4 is 21.5 Å². The van der Waals surface area contributed by atoms with Gasteiger partial charge in [0.15, 0.2) is 17.2 Å². The summed E-state index contributed by atoms with van der Waals surface area (Å²) in [6.07, 6.45) is 7.43. The first-order valence-electron chi connectivity index (χ1n) is 11.4. The first kappa shape index (κ1) is 23.0. The third-order valence-electron chi connectivity index (χ3n) is 6.04. The first-order valence-corrected chi connectivity index (χ1v) is 11.4. The number of hydrogen-bond donors (Lipinski definition) is 3. The topological polar surface area (TPSA) is 145 Å². The number of nitrogens with zero attached hydrogens (tertiary/aromatic N) is 5. The zero-order valence-corrected chi connectivity index (χ0v) is 19.7. The van der Waals surface area contributed by atoms with Crippen LogP contribution in [0.25, 0.3) is 11.5 Å². The molecule has 0 spiro atoms. The molecular formula is C24H24N8O4. The molecule has 0 saturated heterocycles. The maximum Gasteiger partial charge on any atom is 0.339 e. The molecule has 0 aliphatic heterocycles. The van der Waals surface area contributed by atoms with Crippen LogP contribution >= 0.6 is 0 Å². The van der Waals surface area contributed by atoms with Gasteiger partial charge in [0.25, 0.3) is 11.5 Å². The van der Waals surface area contributed by atoms with Crippen molar-refractivity contribution in [1.29, 1.82) is 0 Å². The Morgan fingerprint density at radius 1 is 1.11 bits per heavy atom. The van der Waals surface area contributed by atoms with E-state index < -0.39 is 5.97 Å². The van der Waals surface area contributed by atoms with Gasteiger partial charge in [0.2, 0.25) is 0 Å². The summed E-state index contributed by atoms with van der Waals surface area (Å²) in [5, 5.41) is 13.6. The molecule has 4 heterocycles. The fraction of sp³-hybridized carbons (Fsp3) is 0.250. The van der Waals surface area contributed by atoms with E-state index in [0.29, 0.717) is 28.7 Å². The number of nitrogens with one attached hydrogen (secondary N) is 3. The molecule has 1 saturated carbocycles. The maximum absolute atomic E-state index is 13.2. The van der Waals surface area contributed by atoms with Crippen molar-refractivity contribution in [3.63, 3.8) is 0 Å².